The second-order valence-corrected chi connectivity index (χ2v) is 4.82. The zero-order chi connectivity index (χ0) is 9.78. The molecule has 0 aromatic heterocycles. The third-order valence-electron chi connectivity index (χ3n) is 2.00. The first-order valence-corrected chi connectivity index (χ1v) is 4.84. The molecular weight excluding hydrogens is 170 g/mol. The van der Waals surface area contributed by atoms with Gasteiger partial charge in [0.25, 0.3) is 0 Å². The fourth-order valence-corrected chi connectivity index (χ4v) is 0.839. The Labute approximate surface area is 80.5 Å². The van der Waals surface area contributed by atoms with E-state index in [1.807, 2.05) is 27.7 Å². The number of hydrogen-bond donors (Lipinski definition) is 2. The molecule has 0 aliphatic heterocycles. The van der Waals surface area contributed by atoms with Crippen molar-refractivity contribution in [2.75, 3.05) is 6.54 Å². The molecule has 0 aliphatic rings. The average Bonchev–Trinajstić information content (AvgIpc) is 1.97. The molecule has 0 spiro atoms. The lowest BCUT2D eigenvalue weighted by Gasteiger charge is -2.24. The summed E-state index contributed by atoms with van der Waals surface area (Å²) in [5, 5.41) is 2.85. The molecule has 0 radical (unpaired) electrons. The Morgan fingerprint density at radius 1 is 1.58 bits per heavy atom. The van der Waals surface area contributed by atoms with Gasteiger partial charge in [-0.3, -0.25) is 4.79 Å². The predicted octanol–water partition coefficient (Wildman–Crippen LogP) is 1.86. The van der Waals surface area contributed by atoms with Gasteiger partial charge < -0.3 is 5.32 Å². The topological polar surface area (TPSA) is 29.1 Å². The first-order chi connectivity index (χ1) is 5.39. The van der Waals surface area contributed by atoms with E-state index < -0.39 is 0 Å². The van der Waals surface area contributed by atoms with Gasteiger partial charge in [-0.05, 0) is 6.42 Å². The van der Waals surface area contributed by atoms with Crippen LogP contribution in [-0.2, 0) is 4.79 Å². The molecule has 0 aromatic carbocycles. The fourth-order valence-electron chi connectivity index (χ4n) is 0.722. The number of carbonyl (C=O) groups is 1. The zero-order valence-electron chi connectivity index (χ0n) is 8.35. The molecule has 1 unspecified atom stereocenters. The van der Waals surface area contributed by atoms with E-state index in [1.165, 1.54) is 0 Å². The molecule has 0 aliphatic carbocycles. The molecule has 0 rings (SSSR count). The van der Waals surface area contributed by atoms with Gasteiger partial charge in [0.1, 0.15) is 0 Å². The standard InChI is InChI=1S/C9H19NOS/c1-5-6-10-8(11)7(2)9(3,4)12/h7,12H,5-6H2,1-4H3,(H,10,11). The first kappa shape index (κ1) is 11.8. The molecule has 12 heavy (non-hydrogen) atoms. The normalized spacial score (nSPS) is 14.1. The quantitative estimate of drug-likeness (QED) is 0.649. The van der Waals surface area contributed by atoms with Crippen molar-refractivity contribution >= 4 is 18.5 Å². The molecule has 72 valence electrons. The summed E-state index contributed by atoms with van der Waals surface area (Å²) in [6.45, 7) is 8.60. The van der Waals surface area contributed by atoms with Crippen molar-refractivity contribution in [3.8, 4) is 0 Å². The molecule has 0 saturated carbocycles. The highest BCUT2D eigenvalue weighted by Crippen LogP contribution is 2.23. The van der Waals surface area contributed by atoms with E-state index in [-0.39, 0.29) is 16.6 Å². The van der Waals surface area contributed by atoms with Gasteiger partial charge in [-0.2, -0.15) is 12.6 Å². The van der Waals surface area contributed by atoms with Crippen LogP contribution < -0.4 is 5.32 Å². The molecule has 0 heterocycles. The lowest BCUT2D eigenvalue weighted by molar-refractivity contribution is -0.125. The highest BCUT2D eigenvalue weighted by atomic mass is 32.1. The second kappa shape index (κ2) is 4.75. The largest absolute Gasteiger partial charge is 0.356 e. The van der Waals surface area contributed by atoms with Gasteiger partial charge in [0, 0.05) is 17.2 Å². The van der Waals surface area contributed by atoms with Crippen molar-refractivity contribution in [2.24, 2.45) is 5.92 Å². The number of rotatable bonds is 4. The van der Waals surface area contributed by atoms with Crippen LogP contribution in [0.3, 0.4) is 0 Å². The van der Waals surface area contributed by atoms with Crippen LogP contribution >= 0.6 is 12.6 Å². The summed E-state index contributed by atoms with van der Waals surface area (Å²) in [6, 6.07) is 0. The van der Waals surface area contributed by atoms with Gasteiger partial charge >= 0.3 is 0 Å². The molecule has 0 saturated heterocycles. The summed E-state index contributed by atoms with van der Waals surface area (Å²) in [5.74, 6) is 0.0456. The summed E-state index contributed by atoms with van der Waals surface area (Å²) in [6.07, 6.45) is 0.978. The molecule has 0 aromatic rings. The predicted molar refractivity (Wildman–Crippen MR) is 55.5 cm³/mol. The van der Waals surface area contributed by atoms with Gasteiger partial charge in [-0.25, -0.2) is 0 Å². The van der Waals surface area contributed by atoms with E-state index in [0.29, 0.717) is 0 Å². The zero-order valence-corrected chi connectivity index (χ0v) is 9.24. The Balaban J connectivity index is 3.94. The lowest BCUT2D eigenvalue weighted by Crippen LogP contribution is -2.38. The summed E-state index contributed by atoms with van der Waals surface area (Å²) in [4.78, 5) is 11.4. The van der Waals surface area contributed by atoms with Gasteiger partial charge in [-0.15, -0.1) is 0 Å². The Morgan fingerprint density at radius 3 is 2.42 bits per heavy atom. The van der Waals surface area contributed by atoms with Crippen molar-refractivity contribution in [3.63, 3.8) is 0 Å². The minimum absolute atomic E-state index is 0.0487. The van der Waals surface area contributed by atoms with Crippen molar-refractivity contribution < 1.29 is 4.79 Å². The van der Waals surface area contributed by atoms with E-state index in [4.69, 9.17) is 0 Å². The van der Waals surface area contributed by atoms with E-state index >= 15 is 0 Å². The second-order valence-electron chi connectivity index (χ2n) is 3.67. The molecule has 1 N–H and O–H groups in total. The van der Waals surface area contributed by atoms with Gasteiger partial charge in [0.15, 0.2) is 0 Å². The molecule has 1 amide bonds. The van der Waals surface area contributed by atoms with Crippen molar-refractivity contribution in [2.45, 2.75) is 38.9 Å². The maximum atomic E-state index is 11.4. The van der Waals surface area contributed by atoms with Crippen LogP contribution in [0.5, 0.6) is 0 Å². The van der Waals surface area contributed by atoms with Crippen LogP contribution in [0.4, 0.5) is 0 Å². The van der Waals surface area contributed by atoms with E-state index in [9.17, 15) is 4.79 Å². The van der Waals surface area contributed by atoms with Crippen molar-refractivity contribution in [1.82, 2.24) is 5.32 Å². The van der Waals surface area contributed by atoms with Crippen LogP contribution in [0, 0.1) is 5.92 Å². The van der Waals surface area contributed by atoms with Gasteiger partial charge in [0.05, 0.1) is 0 Å². The summed E-state index contributed by atoms with van der Waals surface area (Å²) in [7, 11) is 0. The van der Waals surface area contributed by atoms with Gasteiger partial charge in [-0.1, -0.05) is 27.7 Å². The third-order valence-corrected chi connectivity index (χ3v) is 2.39. The highest BCUT2D eigenvalue weighted by molar-refractivity contribution is 7.81. The van der Waals surface area contributed by atoms with Crippen LogP contribution in [0.2, 0.25) is 0 Å². The minimum Gasteiger partial charge on any atom is -0.356 e. The maximum Gasteiger partial charge on any atom is 0.224 e. The molecular formula is C9H19NOS. The van der Waals surface area contributed by atoms with E-state index in [1.54, 1.807) is 0 Å². The van der Waals surface area contributed by atoms with Gasteiger partial charge in [0.2, 0.25) is 5.91 Å². The lowest BCUT2D eigenvalue weighted by atomic mass is 9.96. The number of carbonyl (C=O) groups excluding carboxylic acids is 1. The Bertz CT molecular complexity index is 151. The van der Waals surface area contributed by atoms with Crippen LogP contribution in [-0.4, -0.2) is 17.2 Å². The van der Waals surface area contributed by atoms with Crippen LogP contribution in [0.25, 0.3) is 0 Å². The SMILES string of the molecule is CCCNC(=O)C(C)C(C)(C)S. The molecule has 2 nitrogen and oxygen atoms in total. The summed E-state index contributed by atoms with van der Waals surface area (Å²) >= 11 is 4.35. The minimum atomic E-state index is -0.238. The maximum absolute atomic E-state index is 11.4. The Hall–Kier alpha value is -0.180. The summed E-state index contributed by atoms with van der Waals surface area (Å²) < 4.78 is -0.238. The number of nitrogens with one attached hydrogen (secondary N) is 1. The monoisotopic (exact) mass is 189 g/mol. The van der Waals surface area contributed by atoms with E-state index in [2.05, 4.69) is 17.9 Å². The van der Waals surface area contributed by atoms with E-state index in [0.717, 1.165) is 13.0 Å². The number of hydrogen-bond acceptors (Lipinski definition) is 2. The molecule has 1 atom stereocenters. The van der Waals surface area contributed by atoms with Crippen LogP contribution in [0.1, 0.15) is 34.1 Å². The fraction of sp³-hybridized carbons (Fsp3) is 0.889. The average molecular weight is 189 g/mol. The van der Waals surface area contributed by atoms with Crippen molar-refractivity contribution in [1.29, 1.82) is 0 Å². The first-order valence-electron chi connectivity index (χ1n) is 4.39. The summed E-state index contributed by atoms with van der Waals surface area (Å²) in [5.41, 5.74) is 0. The third kappa shape index (κ3) is 4.00. The smallest absolute Gasteiger partial charge is 0.224 e. The molecule has 3 heteroatoms. The molecule has 0 fully saturated rings. The number of thiol groups is 1. The Kier molecular flexibility index (Phi) is 4.68. The number of amides is 1. The molecule has 0 bridgehead atoms. The van der Waals surface area contributed by atoms with Crippen LogP contribution in [0.15, 0.2) is 0 Å². The highest BCUT2D eigenvalue weighted by Gasteiger charge is 2.27. The van der Waals surface area contributed by atoms with Crippen molar-refractivity contribution in [3.05, 3.63) is 0 Å². The Morgan fingerprint density at radius 2 is 2.08 bits per heavy atom.